The first kappa shape index (κ1) is 18.8. The number of allylic oxidation sites excluding steroid dienone is 1. The predicted molar refractivity (Wildman–Crippen MR) is 98.8 cm³/mol. The van der Waals surface area contributed by atoms with Gasteiger partial charge >= 0.3 is 0 Å². The Hall–Kier alpha value is -2.49. The monoisotopic (exact) mass is 344 g/mol. The molecule has 0 fully saturated rings. The molecule has 0 aliphatic rings. The Morgan fingerprint density at radius 3 is 2.28 bits per heavy atom. The van der Waals surface area contributed by atoms with Gasteiger partial charge in [0.2, 0.25) is 0 Å². The van der Waals surface area contributed by atoms with Crippen molar-refractivity contribution in [3.8, 4) is 17.2 Å². The molecular formula is C21H25FO3. The average Bonchev–Trinajstić information content (AvgIpc) is 2.61. The zero-order valence-corrected chi connectivity index (χ0v) is 15.2. The summed E-state index contributed by atoms with van der Waals surface area (Å²) in [5.41, 5.74) is 1.21. The van der Waals surface area contributed by atoms with Crippen molar-refractivity contribution in [1.29, 1.82) is 0 Å². The van der Waals surface area contributed by atoms with E-state index >= 15 is 0 Å². The Morgan fingerprint density at radius 2 is 1.68 bits per heavy atom. The van der Waals surface area contributed by atoms with Gasteiger partial charge in [0.15, 0.2) is 11.5 Å². The largest absolute Gasteiger partial charge is 0.508 e. The normalized spacial score (nSPS) is 12.1. The fourth-order valence-corrected chi connectivity index (χ4v) is 2.52. The van der Waals surface area contributed by atoms with E-state index in [0.29, 0.717) is 17.9 Å². The van der Waals surface area contributed by atoms with E-state index in [1.54, 1.807) is 50.6 Å². The molecule has 134 valence electrons. The van der Waals surface area contributed by atoms with Crippen molar-refractivity contribution in [1.82, 2.24) is 0 Å². The molecule has 25 heavy (non-hydrogen) atoms. The molecular weight excluding hydrogens is 319 g/mol. The number of ether oxygens (including phenoxy) is 2. The van der Waals surface area contributed by atoms with Crippen LogP contribution in [0.1, 0.15) is 31.4 Å². The van der Waals surface area contributed by atoms with E-state index in [9.17, 15) is 9.50 Å². The van der Waals surface area contributed by atoms with Crippen molar-refractivity contribution in [2.45, 2.75) is 26.7 Å². The number of halogens is 1. The number of hydrogen-bond acceptors (Lipinski definition) is 3. The molecule has 0 saturated carbocycles. The summed E-state index contributed by atoms with van der Waals surface area (Å²) in [5, 5.41) is 9.33. The highest BCUT2D eigenvalue weighted by Crippen LogP contribution is 2.35. The van der Waals surface area contributed by atoms with Crippen LogP contribution in [0.15, 0.2) is 48.3 Å². The highest BCUT2D eigenvalue weighted by atomic mass is 19.1. The van der Waals surface area contributed by atoms with Crippen LogP contribution >= 0.6 is 0 Å². The summed E-state index contributed by atoms with van der Waals surface area (Å²) >= 11 is 0. The van der Waals surface area contributed by atoms with Crippen molar-refractivity contribution < 1.29 is 19.0 Å². The van der Waals surface area contributed by atoms with E-state index in [4.69, 9.17) is 9.47 Å². The first-order chi connectivity index (χ1) is 11.9. The Morgan fingerprint density at radius 1 is 1.04 bits per heavy atom. The standard InChI is InChI=1S/C21H25FO3/c1-21(2,12-11-15-5-8-17(23)9-6-15)20(22)14-16-7-10-18(24-3)19(13-16)25-4/h5-10,13-14,23H,11-12H2,1-4H3/b20-14-. The maximum atomic E-state index is 14.8. The average molecular weight is 344 g/mol. The van der Waals surface area contributed by atoms with E-state index in [1.165, 1.54) is 0 Å². The molecule has 3 nitrogen and oxygen atoms in total. The van der Waals surface area contributed by atoms with Crippen molar-refractivity contribution in [2.24, 2.45) is 5.41 Å². The second-order valence-electron chi connectivity index (χ2n) is 6.66. The number of phenolic OH excluding ortho intramolecular Hbond substituents is 1. The molecule has 4 heteroatoms. The zero-order chi connectivity index (χ0) is 18.4. The van der Waals surface area contributed by atoms with Gasteiger partial charge in [-0.1, -0.05) is 32.0 Å². The molecule has 2 aromatic carbocycles. The molecule has 0 aliphatic carbocycles. The van der Waals surface area contributed by atoms with Crippen molar-refractivity contribution in [3.63, 3.8) is 0 Å². The molecule has 0 unspecified atom stereocenters. The molecule has 1 N–H and O–H groups in total. The summed E-state index contributed by atoms with van der Waals surface area (Å²) in [7, 11) is 3.13. The fraction of sp³-hybridized carbons (Fsp3) is 0.333. The van der Waals surface area contributed by atoms with Crippen LogP contribution < -0.4 is 9.47 Å². The van der Waals surface area contributed by atoms with Gasteiger partial charge in [-0.25, -0.2) is 4.39 Å². The van der Waals surface area contributed by atoms with E-state index in [2.05, 4.69) is 0 Å². The maximum Gasteiger partial charge on any atom is 0.161 e. The summed E-state index contributed by atoms with van der Waals surface area (Å²) in [4.78, 5) is 0. The first-order valence-electron chi connectivity index (χ1n) is 8.23. The lowest BCUT2D eigenvalue weighted by atomic mass is 9.84. The third-order valence-corrected chi connectivity index (χ3v) is 4.32. The third kappa shape index (κ3) is 4.99. The highest BCUT2D eigenvalue weighted by Gasteiger charge is 2.23. The van der Waals surface area contributed by atoms with Crippen LogP contribution in [-0.4, -0.2) is 19.3 Å². The molecule has 0 radical (unpaired) electrons. The third-order valence-electron chi connectivity index (χ3n) is 4.32. The van der Waals surface area contributed by atoms with Gasteiger partial charge in [0, 0.05) is 5.41 Å². The van der Waals surface area contributed by atoms with Crippen molar-refractivity contribution in [2.75, 3.05) is 14.2 Å². The lowest BCUT2D eigenvalue weighted by Gasteiger charge is -2.23. The molecule has 0 aliphatic heterocycles. The summed E-state index contributed by atoms with van der Waals surface area (Å²) < 4.78 is 25.3. The van der Waals surface area contributed by atoms with Crippen LogP contribution in [0.3, 0.4) is 0 Å². The van der Waals surface area contributed by atoms with Gasteiger partial charge in [0.05, 0.1) is 14.2 Å². The smallest absolute Gasteiger partial charge is 0.161 e. The maximum absolute atomic E-state index is 14.8. The molecule has 0 amide bonds. The molecule has 0 spiro atoms. The number of rotatable bonds is 7. The number of aryl methyl sites for hydroxylation is 1. The molecule has 2 rings (SSSR count). The van der Waals surface area contributed by atoms with E-state index in [1.807, 2.05) is 26.0 Å². The van der Waals surface area contributed by atoms with Crippen LogP contribution in [-0.2, 0) is 6.42 Å². The number of methoxy groups -OCH3 is 2. The molecule has 0 heterocycles. The summed E-state index contributed by atoms with van der Waals surface area (Å²) in [6, 6.07) is 12.4. The summed E-state index contributed by atoms with van der Waals surface area (Å²) in [5.74, 6) is 1.25. The predicted octanol–water partition coefficient (Wildman–Crippen LogP) is 5.38. The van der Waals surface area contributed by atoms with Gasteiger partial charge in [-0.3, -0.25) is 0 Å². The van der Waals surface area contributed by atoms with Crippen LogP contribution in [0.25, 0.3) is 6.08 Å². The Balaban J connectivity index is 2.12. The lowest BCUT2D eigenvalue weighted by molar-refractivity contribution is 0.329. The minimum Gasteiger partial charge on any atom is -0.508 e. The second kappa shape index (κ2) is 8.06. The van der Waals surface area contributed by atoms with Crippen molar-refractivity contribution in [3.05, 3.63) is 59.4 Å². The van der Waals surface area contributed by atoms with E-state index < -0.39 is 5.41 Å². The number of benzene rings is 2. The highest BCUT2D eigenvalue weighted by molar-refractivity contribution is 5.57. The van der Waals surface area contributed by atoms with Gasteiger partial charge in [-0.15, -0.1) is 0 Å². The van der Waals surface area contributed by atoms with Gasteiger partial charge in [0.25, 0.3) is 0 Å². The Bertz CT molecular complexity index is 733. The van der Waals surface area contributed by atoms with E-state index in [-0.39, 0.29) is 11.6 Å². The number of aromatic hydroxyl groups is 1. The van der Waals surface area contributed by atoms with Gasteiger partial charge in [0.1, 0.15) is 11.6 Å². The number of hydrogen-bond donors (Lipinski definition) is 1. The summed E-state index contributed by atoms with van der Waals surface area (Å²) in [6.07, 6.45) is 2.94. The molecule has 2 aromatic rings. The van der Waals surface area contributed by atoms with Gasteiger partial charge in [-0.2, -0.15) is 0 Å². The van der Waals surface area contributed by atoms with Crippen molar-refractivity contribution >= 4 is 6.08 Å². The van der Waals surface area contributed by atoms with E-state index in [0.717, 1.165) is 17.5 Å². The minimum absolute atomic E-state index is 0.182. The molecule has 0 bridgehead atoms. The number of phenols is 1. The topological polar surface area (TPSA) is 38.7 Å². The molecule has 0 atom stereocenters. The van der Waals surface area contributed by atoms with Gasteiger partial charge in [-0.05, 0) is 54.3 Å². The van der Waals surface area contributed by atoms with Crippen LogP contribution in [0.2, 0.25) is 0 Å². The van der Waals surface area contributed by atoms with Crippen LogP contribution in [0.5, 0.6) is 17.2 Å². The second-order valence-corrected chi connectivity index (χ2v) is 6.66. The fourth-order valence-electron chi connectivity index (χ4n) is 2.52. The Kier molecular flexibility index (Phi) is 6.07. The Labute approximate surface area is 148 Å². The molecule has 0 saturated heterocycles. The molecule has 0 aromatic heterocycles. The van der Waals surface area contributed by atoms with Crippen LogP contribution in [0, 0.1) is 5.41 Å². The summed E-state index contributed by atoms with van der Waals surface area (Å²) in [6.45, 7) is 3.78. The quantitative estimate of drug-likeness (QED) is 0.733. The SMILES string of the molecule is COc1ccc(/C=C(\F)C(C)(C)CCc2ccc(O)cc2)cc1OC. The van der Waals surface area contributed by atoms with Crippen LogP contribution in [0.4, 0.5) is 4.39 Å². The van der Waals surface area contributed by atoms with Gasteiger partial charge < -0.3 is 14.6 Å². The lowest BCUT2D eigenvalue weighted by Crippen LogP contribution is -2.13. The zero-order valence-electron chi connectivity index (χ0n) is 15.2. The minimum atomic E-state index is -0.592. The first-order valence-corrected chi connectivity index (χ1v) is 8.23.